The lowest BCUT2D eigenvalue weighted by atomic mass is 9.81. The van der Waals surface area contributed by atoms with Crippen molar-refractivity contribution in [2.45, 2.75) is 32.6 Å². The Labute approximate surface area is 170 Å². The number of aryl methyl sites for hydroxylation is 1. The molecule has 0 unspecified atom stereocenters. The molecule has 2 N–H and O–H groups in total. The van der Waals surface area contributed by atoms with Crippen LogP contribution in [0.1, 0.15) is 31.2 Å². The van der Waals surface area contributed by atoms with Crippen molar-refractivity contribution in [1.29, 1.82) is 0 Å². The maximum atomic E-state index is 12.7. The van der Waals surface area contributed by atoms with Gasteiger partial charge in [-0.05, 0) is 56.9 Å². The normalized spacial score (nSPS) is 20.6. The molecular weight excluding hydrogens is 368 g/mol. The van der Waals surface area contributed by atoms with Crippen molar-refractivity contribution in [1.82, 2.24) is 0 Å². The number of amides is 2. The molecule has 0 bridgehead atoms. The minimum absolute atomic E-state index is 0.000861. The molecule has 4 rings (SSSR count). The fourth-order valence-corrected chi connectivity index (χ4v) is 3.86. The van der Waals surface area contributed by atoms with Crippen molar-refractivity contribution in [3.63, 3.8) is 0 Å². The number of carbonyl (C=O) groups is 2. The smallest absolute Gasteiger partial charge is 0.227 e. The van der Waals surface area contributed by atoms with Crippen LogP contribution in [0.2, 0.25) is 0 Å². The molecule has 0 saturated heterocycles. The van der Waals surface area contributed by atoms with Gasteiger partial charge in [0.1, 0.15) is 13.2 Å². The summed E-state index contributed by atoms with van der Waals surface area (Å²) in [4.78, 5) is 25.2. The van der Waals surface area contributed by atoms with Crippen LogP contribution < -0.4 is 20.1 Å². The Morgan fingerprint density at radius 3 is 1.90 bits per heavy atom. The maximum absolute atomic E-state index is 12.7. The van der Waals surface area contributed by atoms with Crippen molar-refractivity contribution >= 4 is 23.2 Å². The zero-order valence-electron chi connectivity index (χ0n) is 16.6. The summed E-state index contributed by atoms with van der Waals surface area (Å²) in [5.41, 5.74) is 2.69. The summed E-state index contributed by atoms with van der Waals surface area (Å²) < 4.78 is 11.1. The van der Waals surface area contributed by atoms with Gasteiger partial charge in [0, 0.05) is 29.3 Å². The monoisotopic (exact) mass is 394 g/mol. The highest BCUT2D eigenvalue weighted by molar-refractivity contribution is 5.94. The number of fused-ring (bicyclic) bond motifs is 1. The predicted molar refractivity (Wildman–Crippen MR) is 111 cm³/mol. The van der Waals surface area contributed by atoms with Crippen LogP contribution in [0.15, 0.2) is 42.5 Å². The van der Waals surface area contributed by atoms with E-state index in [0.717, 1.165) is 24.1 Å². The topological polar surface area (TPSA) is 76.7 Å². The summed E-state index contributed by atoms with van der Waals surface area (Å²) >= 11 is 0. The van der Waals surface area contributed by atoms with Gasteiger partial charge in [0.15, 0.2) is 11.5 Å². The van der Waals surface area contributed by atoms with Crippen molar-refractivity contribution in [3.8, 4) is 11.5 Å². The van der Waals surface area contributed by atoms with Crippen LogP contribution in [0.25, 0.3) is 0 Å². The van der Waals surface area contributed by atoms with Gasteiger partial charge >= 0.3 is 0 Å². The molecule has 0 radical (unpaired) electrons. The second-order valence-corrected chi connectivity index (χ2v) is 7.75. The van der Waals surface area contributed by atoms with Crippen LogP contribution >= 0.6 is 0 Å². The van der Waals surface area contributed by atoms with E-state index in [1.807, 2.05) is 43.3 Å². The quantitative estimate of drug-likeness (QED) is 0.817. The Kier molecular flexibility index (Phi) is 5.69. The molecule has 29 heavy (non-hydrogen) atoms. The van der Waals surface area contributed by atoms with E-state index >= 15 is 0 Å². The van der Waals surface area contributed by atoms with Gasteiger partial charge < -0.3 is 20.1 Å². The molecule has 0 spiro atoms. The largest absolute Gasteiger partial charge is 0.486 e. The van der Waals surface area contributed by atoms with Crippen LogP contribution in [-0.4, -0.2) is 25.0 Å². The zero-order valence-corrected chi connectivity index (χ0v) is 16.6. The molecule has 1 aliphatic carbocycles. The fraction of sp³-hybridized carbons (Fsp3) is 0.391. The number of ether oxygens (including phenoxy) is 2. The molecule has 2 amide bonds. The first-order chi connectivity index (χ1) is 14.1. The third-order valence-corrected chi connectivity index (χ3v) is 5.60. The van der Waals surface area contributed by atoms with Crippen LogP contribution in [-0.2, 0) is 9.59 Å². The lowest BCUT2D eigenvalue weighted by Crippen LogP contribution is -2.32. The fourth-order valence-electron chi connectivity index (χ4n) is 3.86. The van der Waals surface area contributed by atoms with E-state index in [1.165, 1.54) is 0 Å². The number of carbonyl (C=O) groups excluding carboxylic acids is 2. The Morgan fingerprint density at radius 2 is 1.28 bits per heavy atom. The number of rotatable bonds is 4. The summed E-state index contributed by atoms with van der Waals surface area (Å²) in [7, 11) is 0. The van der Waals surface area contributed by atoms with Crippen molar-refractivity contribution < 1.29 is 19.1 Å². The highest BCUT2D eigenvalue weighted by Gasteiger charge is 2.30. The van der Waals surface area contributed by atoms with E-state index in [0.29, 0.717) is 43.2 Å². The SMILES string of the molecule is Cc1ccc(NC(=O)C2CCC(C(=O)Nc3ccc4c(c3)OCCO4)CC2)cc1. The van der Waals surface area contributed by atoms with Gasteiger partial charge in [0.25, 0.3) is 0 Å². The van der Waals surface area contributed by atoms with Gasteiger partial charge in [-0.3, -0.25) is 9.59 Å². The molecule has 2 aromatic rings. The second kappa shape index (κ2) is 8.55. The third-order valence-electron chi connectivity index (χ3n) is 5.60. The van der Waals surface area contributed by atoms with Crippen LogP contribution in [0.3, 0.4) is 0 Å². The minimum atomic E-state index is -0.0772. The van der Waals surface area contributed by atoms with E-state index in [-0.39, 0.29) is 23.7 Å². The van der Waals surface area contributed by atoms with E-state index < -0.39 is 0 Å². The molecule has 6 heteroatoms. The van der Waals surface area contributed by atoms with Gasteiger partial charge in [-0.15, -0.1) is 0 Å². The number of anilines is 2. The number of benzene rings is 2. The average Bonchev–Trinajstić information content (AvgIpc) is 2.75. The molecule has 0 aromatic heterocycles. The van der Waals surface area contributed by atoms with Crippen molar-refractivity contribution in [2.75, 3.05) is 23.8 Å². The van der Waals surface area contributed by atoms with Crippen molar-refractivity contribution in [2.24, 2.45) is 11.8 Å². The first-order valence-corrected chi connectivity index (χ1v) is 10.2. The Hall–Kier alpha value is -3.02. The standard InChI is InChI=1S/C23H26N2O4/c1-15-2-8-18(9-3-15)24-22(26)16-4-6-17(7-5-16)23(27)25-19-10-11-20-21(14-19)29-13-12-28-20/h2-3,8-11,14,16-17H,4-7,12-13H2,1H3,(H,24,26)(H,25,27). The summed E-state index contributed by atoms with van der Waals surface area (Å²) in [6, 6.07) is 13.2. The summed E-state index contributed by atoms with van der Waals surface area (Å²) in [5.74, 6) is 1.28. The lowest BCUT2D eigenvalue weighted by Gasteiger charge is -2.27. The first-order valence-electron chi connectivity index (χ1n) is 10.2. The summed E-state index contributed by atoms with van der Waals surface area (Å²) in [6.45, 7) is 3.07. The first kappa shape index (κ1) is 19.3. The molecule has 6 nitrogen and oxygen atoms in total. The van der Waals surface area contributed by atoms with E-state index in [2.05, 4.69) is 10.6 Å². The molecule has 1 fully saturated rings. The number of hydrogen-bond donors (Lipinski definition) is 2. The Morgan fingerprint density at radius 1 is 0.759 bits per heavy atom. The van der Waals surface area contributed by atoms with Gasteiger partial charge in [-0.25, -0.2) is 0 Å². The third kappa shape index (κ3) is 4.70. The molecule has 1 saturated carbocycles. The Bertz CT molecular complexity index is 886. The minimum Gasteiger partial charge on any atom is -0.486 e. The number of nitrogens with one attached hydrogen (secondary N) is 2. The van der Waals surface area contributed by atoms with Gasteiger partial charge in [-0.1, -0.05) is 17.7 Å². The van der Waals surface area contributed by atoms with Gasteiger partial charge in [-0.2, -0.15) is 0 Å². The van der Waals surface area contributed by atoms with Crippen LogP contribution in [0, 0.1) is 18.8 Å². The van der Waals surface area contributed by atoms with Crippen LogP contribution in [0.5, 0.6) is 11.5 Å². The van der Waals surface area contributed by atoms with Crippen molar-refractivity contribution in [3.05, 3.63) is 48.0 Å². The molecule has 2 aromatic carbocycles. The molecule has 1 heterocycles. The van der Waals surface area contributed by atoms with Crippen LogP contribution in [0.4, 0.5) is 11.4 Å². The highest BCUT2D eigenvalue weighted by atomic mass is 16.6. The van der Waals surface area contributed by atoms with E-state index in [9.17, 15) is 9.59 Å². The average molecular weight is 394 g/mol. The van der Waals surface area contributed by atoms with Gasteiger partial charge in [0.2, 0.25) is 11.8 Å². The molecule has 152 valence electrons. The summed E-state index contributed by atoms with van der Waals surface area (Å²) in [5, 5.41) is 5.96. The molecule has 2 aliphatic rings. The predicted octanol–water partition coefficient (Wildman–Crippen LogP) is 4.15. The summed E-state index contributed by atoms with van der Waals surface area (Å²) in [6.07, 6.45) is 2.86. The maximum Gasteiger partial charge on any atom is 0.227 e. The second-order valence-electron chi connectivity index (χ2n) is 7.75. The Balaban J connectivity index is 1.28. The van der Waals surface area contributed by atoms with Gasteiger partial charge in [0.05, 0.1) is 0 Å². The zero-order chi connectivity index (χ0) is 20.2. The molecule has 1 aliphatic heterocycles. The number of hydrogen-bond acceptors (Lipinski definition) is 4. The lowest BCUT2D eigenvalue weighted by molar-refractivity contribution is -0.125. The van der Waals surface area contributed by atoms with E-state index in [1.54, 1.807) is 6.07 Å². The highest BCUT2D eigenvalue weighted by Crippen LogP contribution is 2.34. The molecular formula is C23H26N2O4. The molecule has 0 atom stereocenters. The van der Waals surface area contributed by atoms with E-state index in [4.69, 9.17) is 9.47 Å².